The highest BCUT2D eigenvalue weighted by Crippen LogP contribution is 2.14. The monoisotopic (exact) mass is 450 g/mol. The summed E-state index contributed by atoms with van der Waals surface area (Å²) in [5.74, 6) is -1.44. The van der Waals surface area contributed by atoms with E-state index in [1.165, 1.54) is 19.1 Å². The van der Waals surface area contributed by atoms with Crippen molar-refractivity contribution in [2.75, 3.05) is 11.9 Å². The Morgan fingerprint density at radius 2 is 1.67 bits per heavy atom. The molecule has 0 bridgehead atoms. The van der Waals surface area contributed by atoms with Crippen LogP contribution in [-0.2, 0) is 9.53 Å². The molecule has 0 aromatic heterocycles. The lowest BCUT2D eigenvalue weighted by atomic mass is 10.1. The summed E-state index contributed by atoms with van der Waals surface area (Å²) < 4.78 is 4.58. The van der Waals surface area contributed by atoms with Crippen molar-refractivity contribution >= 4 is 41.7 Å². The van der Waals surface area contributed by atoms with Crippen LogP contribution in [0.3, 0.4) is 0 Å². The fourth-order valence-electron chi connectivity index (χ4n) is 2.55. The van der Waals surface area contributed by atoms with E-state index in [2.05, 4.69) is 16.6 Å². The second kappa shape index (κ2) is 11.0. The highest BCUT2D eigenvalue weighted by Gasteiger charge is 2.24. The Hall–Kier alpha value is -4.73. The predicted octanol–water partition coefficient (Wildman–Crippen LogP) is 3.46. The van der Waals surface area contributed by atoms with Gasteiger partial charge >= 0.3 is 18.2 Å². The third kappa shape index (κ3) is 6.89. The van der Waals surface area contributed by atoms with E-state index in [-0.39, 0.29) is 23.9 Å². The number of amides is 3. The number of carbonyl (C=O) groups excluding carboxylic acids is 3. The standard InChI is InChI=1S/C23H22N4O6/c1-3-12-27(22(30)31)23(32)33-21(29)14(2)13-15-4-6-17(7-5-15)20(28)26-18-10-8-16(9-11-18)19(24)25/h3-11,13H,1,12H2,2H3,(H3,24,25)(H,26,28)(H,30,31). The van der Waals surface area contributed by atoms with Gasteiger partial charge in [0.2, 0.25) is 0 Å². The van der Waals surface area contributed by atoms with Crippen molar-refractivity contribution in [1.82, 2.24) is 4.90 Å². The second-order valence-corrected chi connectivity index (χ2v) is 6.73. The fraction of sp³-hybridized carbons (Fsp3) is 0.0870. The molecule has 0 radical (unpaired) electrons. The smallest absolute Gasteiger partial charge is 0.427 e. The molecule has 5 N–H and O–H groups in total. The normalized spacial score (nSPS) is 10.6. The average Bonchev–Trinajstić information content (AvgIpc) is 2.77. The SMILES string of the molecule is C=CCN(C(=O)O)C(=O)OC(=O)C(C)=Cc1ccc(C(=O)Nc2ccc(C(=N)N)cc2)cc1. The van der Waals surface area contributed by atoms with E-state index < -0.39 is 18.2 Å². The van der Waals surface area contributed by atoms with Gasteiger partial charge < -0.3 is 20.9 Å². The number of amidine groups is 1. The number of esters is 1. The zero-order valence-corrected chi connectivity index (χ0v) is 17.7. The first-order valence-electron chi connectivity index (χ1n) is 9.54. The number of carbonyl (C=O) groups is 4. The maximum atomic E-state index is 12.4. The molecule has 0 aliphatic heterocycles. The molecule has 170 valence electrons. The van der Waals surface area contributed by atoms with Crippen LogP contribution in [0.1, 0.15) is 28.4 Å². The van der Waals surface area contributed by atoms with Crippen molar-refractivity contribution in [3.8, 4) is 0 Å². The van der Waals surface area contributed by atoms with Crippen LogP contribution in [0.25, 0.3) is 6.08 Å². The summed E-state index contributed by atoms with van der Waals surface area (Å²) in [6.07, 6.45) is -0.292. The Morgan fingerprint density at radius 1 is 1.09 bits per heavy atom. The summed E-state index contributed by atoms with van der Waals surface area (Å²) in [6.45, 7) is 4.42. The minimum absolute atomic E-state index is 0.0510. The number of rotatable bonds is 7. The quantitative estimate of drug-likeness (QED) is 0.125. The predicted molar refractivity (Wildman–Crippen MR) is 122 cm³/mol. The number of anilines is 1. The molecule has 0 aliphatic rings. The van der Waals surface area contributed by atoms with Gasteiger partial charge in [0.25, 0.3) is 5.91 Å². The first kappa shape index (κ1) is 24.5. The van der Waals surface area contributed by atoms with Gasteiger partial charge in [-0.1, -0.05) is 18.2 Å². The molecule has 10 nitrogen and oxygen atoms in total. The van der Waals surface area contributed by atoms with Crippen molar-refractivity contribution in [3.63, 3.8) is 0 Å². The van der Waals surface area contributed by atoms with E-state index in [0.717, 1.165) is 0 Å². The molecule has 0 spiro atoms. The molecule has 10 heteroatoms. The number of benzene rings is 2. The van der Waals surface area contributed by atoms with Gasteiger partial charge in [-0.15, -0.1) is 6.58 Å². The lowest BCUT2D eigenvalue weighted by molar-refractivity contribution is -0.133. The molecule has 2 rings (SSSR count). The average molecular weight is 450 g/mol. The van der Waals surface area contributed by atoms with E-state index in [4.69, 9.17) is 16.2 Å². The number of nitrogens with one attached hydrogen (secondary N) is 2. The van der Waals surface area contributed by atoms with E-state index in [0.29, 0.717) is 27.3 Å². The molecule has 0 aliphatic carbocycles. The highest BCUT2D eigenvalue weighted by molar-refractivity contribution is 6.05. The summed E-state index contributed by atoms with van der Waals surface area (Å²) in [6, 6.07) is 12.8. The van der Waals surface area contributed by atoms with Crippen LogP contribution in [0, 0.1) is 5.41 Å². The minimum atomic E-state index is -1.57. The van der Waals surface area contributed by atoms with Crippen molar-refractivity contribution < 1.29 is 29.0 Å². The van der Waals surface area contributed by atoms with Crippen LogP contribution in [0.15, 0.2) is 66.8 Å². The van der Waals surface area contributed by atoms with Crippen molar-refractivity contribution in [2.45, 2.75) is 6.92 Å². The molecule has 0 saturated heterocycles. The number of imide groups is 1. The molecule has 0 atom stereocenters. The Kier molecular flexibility index (Phi) is 8.22. The topological polar surface area (TPSA) is 163 Å². The second-order valence-electron chi connectivity index (χ2n) is 6.73. The van der Waals surface area contributed by atoms with Gasteiger partial charge in [-0.2, -0.15) is 0 Å². The van der Waals surface area contributed by atoms with Crippen LogP contribution in [0.2, 0.25) is 0 Å². The van der Waals surface area contributed by atoms with Crippen LogP contribution in [0.4, 0.5) is 15.3 Å². The maximum absolute atomic E-state index is 12.4. The molecule has 2 aromatic rings. The van der Waals surface area contributed by atoms with Crippen molar-refractivity contribution in [1.29, 1.82) is 5.41 Å². The molecule has 3 amide bonds. The Bertz CT molecular complexity index is 1120. The molecule has 0 unspecified atom stereocenters. The Balaban J connectivity index is 2.03. The highest BCUT2D eigenvalue weighted by atomic mass is 16.6. The number of nitrogens with zero attached hydrogens (tertiary/aromatic N) is 1. The summed E-state index contributed by atoms with van der Waals surface area (Å²) in [5, 5.41) is 19.1. The van der Waals surface area contributed by atoms with Gasteiger partial charge in [-0.05, 0) is 55.0 Å². The third-order valence-electron chi connectivity index (χ3n) is 4.27. The van der Waals surface area contributed by atoms with E-state index in [9.17, 15) is 19.2 Å². The lowest BCUT2D eigenvalue weighted by Gasteiger charge is -2.14. The molecule has 33 heavy (non-hydrogen) atoms. The summed E-state index contributed by atoms with van der Waals surface area (Å²) >= 11 is 0. The summed E-state index contributed by atoms with van der Waals surface area (Å²) in [5.41, 5.74) is 7.44. The zero-order chi connectivity index (χ0) is 24.5. The molecule has 2 aromatic carbocycles. The number of hydrogen-bond acceptors (Lipinski definition) is 6. The minimum Gasteiger partial charge on any atom is -0.465 e. The zero-order valence-electron chi connectivity index (χ0n) is 17.7. The molecular formula is C23H22N4O6. The molecule has 0 fully saturated rings. The van der Waals surface area contributed by atoms with E-state index >= 15 is 0 Å². The number of nitrogen functional groups attached to an aromatic ring is 1. The molecular weight excluding hydrogens is 428 g/mol. The lowest BCUT2D eigenvalue weighted by Crippen LogP contribution is -2.37. The first-order chi connectivity index (χ1) is 15.6. The largest absolute Gasteiger partial charge is 0.465 e. The maximum Gasteiger partial charge on any atom is 0.427 e. The van der Waals surface area contributed by atoms with Crippen LogP contribution in [0.5, 0.6) is 0 Å². The number of hydrogen-bond donors (Lipinski definition) is 4. The van der Waals surface area contributed by atoms with Gasteiger partial charge in [-0.25, -0.2) is 19.3 Å². The van der Waals surface area contributed by atoms with Gasteiger partial charge in [-0.3, -0.25) is 10.2 Å². The number of nitrogens with two attached hydrogens (primary N) is 1. The van der Waals surface area contributed by atoms with Gasteiger partial charge in [0, 0.05) is 22.4 Å². The van der Waals surface area contributed by atoms with Crippen LogP contribution >= 0.6 is 0 Å². The Labute approximate surface area is 189 Å². The van der Waals surface area contributed by atoms with Crippen LogP contribution in [-0.4, -0.2) is 46.4 Å². The molecule has 0 heterocycles. The summed E-state index contributed by atoms with van der Waals surface area (Å²) in [4.78, 5) is 47.7. The van der Waals surface area contributed by atoms with E-state index in [1.54, 1.807) is 48.5 Å². The van der Waals surface area contributed by atoms with Gasteiger partial charge in [0.15, 0.2) is 0 Å². The van der Waals surface area contributed by atoms with Crippen molar-refractivity contribution in [3.05, 3.63) is 83.4 Å². The van der Waals surface area contributed by atoms with Crippen LogP contribution < -0.4 is 11.1 Å². The number of ether oxygens (including phenoxy) is 1. The molecule has 0 saturated carbocycles. The van der Waals surface area contributed by atoms with Crippen molar-refractivity contribution in [2.24, 2.45) is 5.73 Å². The van der Waals surface area contributed by atoms with Gasteiger partial charge in [0.05, 0.1) is 6.54 Å². The summed E-state index contributed by atoms with van der Waals surface area (Å²) in [7, 11) is 0. The first-order valence-corrected chi connectivity index (χ1v) is 9.54. The Morgan fingerprint density at radius 3 is 2.18 bits per heavy atom. The third-order valence-corrected chi connectivity index (χ3v) is 4.27. The van der Waals surface area contributed by atoms with Gasteiger partial charge in [0.1, 0.15) is 5.84 Å². The van der Waals surface area contributed by atoms with E-state index in [1.807, 2.05) is 0 Å². The number of carboxylic acid groups (broad SMARTS) is 1. The fourth-order valence-corrected chi connectivity index (χ4v) is 2.55.